The van der Waals surface area contributed by atoms with Gasteiger partial charge in [0.25, 0.3) is 11.8 Å². The third-order valence-corrected chi connectivity index (χ3v) is 5.69. The van der Waals surface area contributed by atoms with E-state index < -0.39 is 0 Å². The summed E-state index contributed by atoms with van der Waals surface area (Å²) in [6.07, 6.45) is 0.0401. The second-order valence-electron chi connectivity index (χ2n) is 8.25. The molecule has 7 nitrogen and oxygen atoms in total. The van der Waals surface area contributed by atoms with Gasteiger partial charge in [-0.25, -0.2) is 4.90 Å². The minimum atomic E-state index is -0.313. The molecular formula is C25H29N3O4. The molecule has 7 heteroatoms. The Bertz CT molecular complexity index is 994. The van der Waals surface area contributed by atoms with Gasteiger partial charge in [-0.1, -0.05) is 30.3 Å². The molecule has 4 rings (SSSR count). The molecule has 0 radical (unpaired) electrons. The van der Waals surface area contributed by atoms with Gasteiger partial charge in [-0.3, -0.25) is 14.5 Å². The fourth-order valence-electron chi connectivity index (χ4n) is 4.19. The molecule has 0 aromatic heterocycles. The monoisotopic (exact) mass is 435 g/mol. The zero-order valence-corrected chi connectivity index (χ0v) is 18.5. The van der Waals surface area contributed by atoms with E-state index in [9.17, 15) is 14.7 Å². The number of aliphatic hydroxyl groups excluding tert-OH is 1. The van der Waals surface area contributed by atoms with Crippen molar-refractivity contribution in [2.75, 3.05) is 44.2 Å². The summed E-state index contributed by atoms with van der Waals surface area (Å²) in [5, 5.41) is 9.21. The normalized spacial score (nSPS) is 17.6. The zero-order valence-electron chi connectivity index (χ0n) is 18.5. The maximum atomic E-state index is 13.6. The van der Waals surface area contributed by atoms with Crippen LogP contribution in [0.1, 0.15) is 19.4 Å². The zero-order chi connectivity index (χ0) is 22.7. The number of carbonyl (C=O) groups excluding carboxylic acids is 2. The lowest BCUT2D eigenvalue weighted by Gasteiger charge is -2.36. The minimum absolute atomic E-state index is 0.0401. The number of amides is 2. The molecule has 0 saturated carbocycles. The van der Waals surface area contributed by atoms with Crippen LogP contribution in [0, 0.1) is 0 Å². The summed E-state index contributed by atoms with van der Waals surface area (Å²) in [4.78, 5) is 32.6. The molecule has 168 valence electrons. The Balaban J connectivity index is 1.66. The Morgan fingerprint density at radius 2 is 1.56 bits per heavy atom. The molecule has 1 saturated heterocycles. The number of hydrogen-bond donors (Lipinski definition) is 1. The van der Waals surface area contributed by atoms with Crippen molar-refractivity contribution in [3.8, 4) is 5.75 Å². The van der Waals surface area contributed by atoms with E-state index in [1.54, 1.807) is 24.3 Å². The quantitative estimate of drug-likeness (QED) is 0.674. The standard InChI is InChI=1S/C25H29N3O4/c1-18(2)32-21-10-8-20(9-11-21)28-24(30)22(19-6-4-3-5-7-19)23(25(28)31)27-14-12-26(13-15-27)16-17-29/h3-11,18,29H,12-17H2,1-2H3. The first-order valence-electron chi connectivity index (χ1n) is 11.0. The summed E-state index contributed by atoms with van der Waals surface area (Å²) < 4.78 is 5.69. The number of nitrogens with zero attached hydrogens (tertiary/aromatic N) is 3. The lowest BCUT2D eigenvalue weighted by molar-refractivity contribution is -0.120. The summed E-state index contributed by atoms with van der Waals surface area (Å²) in [7, 11) is 0. The van der Waals surface area contributed by atoms with Crippen LogP contribution in [0.25, 0.3) is 5.57 Å². The van der Waals surface area contributed by atoms with E-state index in [1.807, 2.05) is 49.1 Å². The van der Waals surface area contributed by atoms with Gasteiger partial charge in [0, 0.05) is 32.7 Å². The second kappa shape index (κ2) is 9.54. The average molecular weight is 436 g/mol. The molecule has 1 fully saturated rings. The molecule has 0 unspecified atom stereocenters. The lowest BCUT2D eigenvalue weighted by Crippen LogP contribution is -2.48. The van der Waals surface area contributed by atoms with Gasteiger partial charge in [0.15, 0.2) is 0 Å². The lowest BCUT2D eigenvalue weighted by atomic mass is 10.0. The maximum Gasteiger partial charge on any atom is 0.282 e. The summed E-state index contributed by atoms with van der Waals surface area (Å²) in [5.41, 5.74) is 2.15. The van der Waals surface area contributed by atoms with Gasteiger partial charge in [-0.2, -0.15) is 0 Å². The maximum absolute atomic E-state index is 13.6. The fourth-order valence-corrected chi connectivity index (χ4v) is 4.19. The van der Waals surface area contributed by atoms with E-state index in [4.69, 9.17) is 4.74 Å². The van der Waals surface area contributed by atoms with Crippen molar-refractivity contribution in [1.29, 1.82) is 0 Å². The molecular weight excluding hydrogens is 406 g/mol. The number of piperazine rings is 1. The van der Waals surface area contributed by atoms with Crippen molar-refractivity contribution >= 4 is 23.1 Å². The molecule has 2 amide bonds. The largest absolute Gasteiger partial charge is 0.491 e. The number of β-amino-alcohol motifs (C(OH)–C–C–N with tert-alkyl or cyclic N) is 1. The summed E-state index contributed by atoms with van der Waals surface area (Å²) in [6, 6.07) is 16.4. The van der Waals surface area contributed by atoms with Crippen molar-refractivity contribution < 1.29 is 19.4 Å². The van der Waals surface area contributed by atoms with Gasteiger partial charge in [-0.05, 0) is 43.7 Å². The molecule has 0 bridgehead atoms. The molecule has 32 heavy (non-hydrogen) atoms. The van der Waals surface area contributed by atoms with Crippen molar-refractivity contribution in [1.82, 2.24) is 9.80 Å². The highest BCUT2D eigenvalue weighted by molar-refractivity contribution is 6.45. The SMILES string of the molecule is CC(C)Oc1ccc(N2C(=O)C(c3ccccc3)=C(N3CCN(CCO)CC3)C2=O)cc1. The smallest absolute Gasteiger partial charge is 0.282 e. The second-order valence-corrected chi connectivity index (χ2v) is 8.25. The summed E-state index contributed by atoms with van der Waals surface area (Å²) in [6.45, 7) is 7.33. The van der Waals surface area contributed by atoms with Crippen LogP contribution in [-0.2, 0) is 9.59 Å². The van der Waals surface area contributed by atoms with Gasteiger partial charge in [0.05, 0.1) is 24.0 Å². The van der Waals surface area contributed by atoms with Crippen molar-refractivity contribution in [2.24, 2.45) is 0 Å². The van der Waals surface area contributed by atoms with Crippen molar-refractivity contribution in [2.45, 2.75) is 20.0 Å². The number of rotatable bonds is 7. The minimum Gasteiger partial charge on any atom is -0.491 e. The van der Waals surface area contributed by atoms with E-state index in [0.717, 1.165) is 18.7 Å². The Kier molecular flexibility index (Phi) is 6.58. The van der Waals surface area contributed by atoms with Gasteiger partial charge in [0.1, 0.15) is 11.4 Å². The van der Waals surface area contributed by atoms with Crippen LogP contribution < -0.4 is 9.64 Å². The van der Waals surface area contributed by atoms with Crippen molar-refractivity contribution in [3.05, 3.63) is 65.9 Å². The Hall–Kier alpha value is -3.16. The number of ether oxygens (including phenoxy) is 1. The van der Waals surface area contributed by atoms with Crippen LogP contribution in [-0.4, -0.2) is 72.2 Å². The van der Waals surface area contributed by atoms with E-state index in [-0.39, 0.29) is 24.5 Å². The molecule has 2 aliphatic heterocycles. The number of aliphatic hydroxyl groups is 1. The van der Waals surface area contributed by atoms with Crippen LogP contribution in [0.4, 0.5) is 5.69 Å². The molecule has 0 spiro atoms. The van der Waals surface area contributed by atoms with Gasteiger partial charge >= 0.3 is 0 Å². The third-order valence-electron chi connectivity index (χ3n) is 5.69. The Morgan fingerprint density at radius 3 is 2.16 bits per heavy atom. The third kappa shape index (κ3) is 4.40. The fraction of sp³-hybridized carbons (Fsp3) is 0.360. The first kappa shape index (κ1) is 22.0. The van der Waals surface area contributed by atoms with Crippen LogP contribution in [0.15, 0.2) is 60.3 Å². The van der Waals surface area contributed by atoms with Crippen LogP contribution in [0.3, 0.4) is 0 Å². The van der Waals surface area contributed by atoms with Crippen LogP contribution in [0.2, 0.25) is 0 Å². The highest BCUT2D eigenvalue weighted by Crippen LogP contribution is 2.35. The van der Waals surface area contributed by atoms with E-state index in [0.29, 0.717) is 42.3 Å². The van der Waals surface area contributed by atoms with Crippen LogP contribution >= 0.6 is 0 Å². The van der Waals surface area contributed by atoms with E-state index >= 15 is 0 Å². The molecule has 0 atom stereocenters. The Morgan fingerprint density at radius 1 is 0.906 bits per heavy atom. The number of hydrogen-bond acceptors (Lipinski definition) is 6. The van der Waals surface area contributed by atoms with Gasteiger partial charge < -0.3 is 14.7 Å². The highest BCUT2D eigenvalue weighted by Gasteiger charge is 2.43. The predicted octanol–water partition coefficient (Wildman–Crippen LogP) is 2.37. The van der Waals surface area contributed by atoms with Crippen molar-refractivity contribution in [3.63, 3.8) is 0 Å². The molecule has 2 aromatic rings. The predicted molar refractivity (Wildman–Crippen MR) is 123 cm³/mol. The number of carbonyl (C=O) groups is 2. The molecule has 2 aliphatic rings. The van der Waals surface area contributed by atoms with Gasteiger partial charge in [0.2, 0.25) is 0 Å². The molecule has 1 N–H and O–H groups in total. The Labute approximate surface area is 188 Å². The molecule has 2 heterocycles. The van der Waals surface area contributed by atoms with E-state index in [1.165, 1.54) is 4.90 Å². The van der Waals surface area contributed by atoms with E-state index in [2.05, 4.69) is 4.90 Å². The summed E-state index contributed by atoms with van der Waals surface area (Å²) >= 11 is 0. The molecule has 2 aromatic carbocycles. The number of benzene rings is 2. The summed E-state index contributed by atoms with van der Waals surface area (Å²) in [5.74, 6) is 0.0767. The molecule has 0 aliphatic carbocycles. The highest BCUT2D eigenvalue weighted by atomic mass is 16.5. The van der Waals surface area contributed by atoms with Crippen LogP contribution in [0.5, 0.6) is 5.75 Å². The topological polar surface area (TPSA) is 73.3 Å². The first-order chi connectivity index (χ1) is 15.5. The van der Waals surface area contributed by atoms with Gasteiger partial charge in [-0.15, -0.1) is 0 Å². The number of anilines is 1. The first-order valence-corrected chi connectivity index (χ1v) is 11.0. The number of imide groups is 1. The average Bonchev–Trinajstić information content (AvgIpc) is 3.05.